The predicted octanol–water partition coefficient (Wildman–Crippen LogP) is 21.0. The number of quaternary nitrogens is 1. The number of benzene rings is 4. The number of aryl methyl sites for hydroxylation is 2. The first-order valence-electron chi connectivity index (χ1n) is 25.8. The summed E-state index contributed by atoms with van der Waals surface area (Å²) < 4.78 is 1.04. The van der Waals surface area contributed by atoms with Crippen LogP contribution in [0.4, 0.5) is 11.4 Å². The van der Waals surface area contributed by atoms with Crippen molar-refractivity contribution in [1.82, 2.24) is 4.48 Å². The lowest BCUT2D eigenvalue weighted by molar-refractivity contribution is 0.361. The Hall–Kier alpha value is -3.16. The van der Waals surface area contributed by atoms with Gasteiger partial charge in [0.25, 0.3) is 0 Å². The Bertz CT molecular complexity index is 1740. The van der Waals surface area contributed by atoms with Gasteiger partial charge in [-0.05, 0) is 110 Å². The molecule has 1 nitrogen and oxygen atoms in total. The fourth-order valence-electron chi connectivity index (χ4n) is 11.4. The molecule has 0 saturated carbocycles. The first-order chi connectivity index (χ1) is 29.4. The first-order valence-corrected chi connectivity index (χ1v) is 25.8. The SMILES string of the molecule is C.C.C.CCCCCCCCC1(CCCCCCCC)c2cc(C)ccc2-c2ccc(-c3ccc4c(c3)[N+](CCCCCCCC)(CCCCCCCC)c3cc(C)ccc3-4)cc21. The highest BCUT2D eigenvalue weighted by Gasteiger charge is 2.45. The average Bonchev–Trinajstić information content (AvgIpc) is 3.67. The zero-order valence-corrected chi connectivity index (χ0v) is 39.7. The van der Waals surface area contributed by atoms with E-state index in [1.165, 1.54) is 225 Å². The van der Waals surface area contributed by atoms with Gasteiger partial charge < -0.3 is 0 Å². The summed E-state index contributed by atoms with van der Waals surface area (Å²) in [6, 6.07) is 30.2. The second kappa shape index (κ2) is 27.3. The van der Waals surface area contributed by atoms with Gasteiger partial charge in [-0.2, -0.15) is 0 Å². The highest BCUT2D eigenvalue weighted by atomic mass is 15.4. The summed E-state index contributed by atoms with van der Waals surface area (Å²) in [6.07, 6.45) is 35.0. The van der Waals surface area contributed by atoms with Gasteiger partial charge in [0.2, 0.25) is 0 Å². The Kier molecular flexibility index (Phi) is 23.5. The lowest BCUT2D eigenvalue weighted by atomic mass is 9.70. The van der Waals surface area contributed by atoms with Crippen LogP contribution in [0.5, 0.6) is 0 Å². The van der Waals surface area contributed by atoms with E-state index in [1.54, 1.807) is 22.5 Å². The number of unbranched alkanes of at least 4 members (excludes halogenated alkanes) is 20. The van der Waals surface area contributed by atoms with E-state index in [0.717, 1.165) is 4.48 Å². The van der Waals surface area contributed by atoms with Crippen LogP contribution in [0.25, 0.3) is 33.4 Å². The smallest absolute Gasteiger partial charge is 0.146 e. The maximum Gasteiger partial charge on any atom is 0.146 e. The molecule has 0 unspecified atom stereocenters. The van der Waals surface area contributed by atoms with E-state index in [4.69, 9.17) is 0 Å². The Morgan fingerprint density at radius 1 is 0.349 bits per heavy atom. The molecule has 1 aliphatic carbocycles. The van der Waals surface area contributed by atoms with Gasteiger partial charge in [-0.3, -0.25) is 4.48 Å². The van der Waals surface area contributed by atoms with Crippen molar-refractivity contribution in [2.45, 2.75) is 236 Å². The molecule has 0 fully saturated rings. The number of hydrogen-bond acceptors (Lipinski definition) is 0. The summed E-state index contributed by atoms with van der Waals surface area (Å²) in [5.74, 6) is 0. The molecule has 1 heterocycles. The van der Waals surface area contributed by atoms with Crippen LogP contribution < -0.4 is 4.48 Å². The van der Waals surface area contributed by atoms with Crippen molar-refractivity contribution in [1.29, 1.82) is 0 Å². The van der Waals surface area contributed by atoms with Crippen LogP contribution >= 0.6 is 0 Å². The minimum absolute atomic E-state index is 0. The van der Waals surface area contributed by atoms with Gasteiger partial charge in [0, 0.05) is 28.7 Å². The minimum Gasteiger partial charge on any atom is -0.258 e. The molecule has 0 aromatic heterocycles. The summed E-state index contributed by atoms with van der Waals surface area (Å²) in [5, 5.41) is 0. The van der Waals surface area contributed by atoms with Crippen molar-refractivity contribution in [3.05, 3.63) is 95.1 Å². The molecule has 4 aromatic rings. The fraction of sp³-hybridized carbons (Fsp3) is 0.613. The molecule has 1 aliphatic heterocycles. The van der Waals surface area contributed by atoms with Crippen LogP contribution in [0.1, 0.15) is 239 Å². The topological polar surface area (TPSA) is 0 Å². The number of rotatable bonds is 29. The van der Waals surface area contributed by atoms with Crippen LogP contribution in [0.15, 0.2) is 72.8 Å². The molecular weight excluding hydrogens is 759 g/mol. The van der Waals surface area contributed by atoms with Crippen LogP contribution in [-0.4, -0.2) is 13.1 Å². The lowest BCUT2D eigenvalue weighted by Crippen LogP contribution is -2.44. The van der Waals surface area contributed by atoms with Crippen molar-refractivity contribution < 1.29 is 0 Å². The van der Waals surface area contributed by atoms with Gasteiger partial charge in [0.05, 0.1) is 13.1 Å². The van der Waals surface area contributed by atoms with Crippen molar-refractivity contribution >= 4 is 11.4 Å². The largest absolute Gasteiger partial charge is 0.258 e. The number of fused-ring (bicyclic) bond motifs is 6. The molecule has 2 aliphatic rings. The summed E-state index contributed by atoms with van der Waals surface area (Å²) in [6.45, 7) is 16.4. The van der Waals surface area contributed by atoms with Crippen molar-refractivity contribution in [3.8, 4) is 33.4 Å². The van der Waals surface area contributed by atoms with E-state index in [9.17, 15) is 0 Å². The number of nitrogens with zero attached hydrogens (tertiary/aromatic N) is 1. The van der Waals surface area contributed by atoms with Gasteiger partial charge in [-0.15, -0.1) is 0 Å². The van der Waals surface area contributed by atoms with E-state index >= 15 is 0 Å². The van der Waals surface area contributed by atoms with Gasteiger partial charge in [-0.1, -0.05) is 226 Å². The fourth-order valence-corrected chi connectivity index (χ4v) is 11.4. The monoisotopic (exact) mass is 857 g/mol. The minimum atomic E-state index is 0. The molecule has 6 rings (SSSR count). The third kappa shape index (κ3) is 13.0. The van der Waals surface area contributed by atoms with Crippen LogP contribution in [0.2, 0.25) is 0 Å². The van der Waals surface area contributed by atoms with Gasteiger partial charge in [0.15, 0.2) is 0 Å². The van der Waals surface area contributed by atoms with E-state index < -0.39 is 0 Å². The Morgan fingerprint density at radius 3 is 1.19 bits per heavy atom. The quantitative estimate of drug-likeness (QED) is 0.0377. The van der Waals surface area contributed by atoms with Crippen LogP contribution in [-0.2, 0) is 5.41 Å². The van der Waals surface area contributed by atoms with E-state index in [0.29, 0.717) is 0 Å². The van der Waals surface area contributed by atoms with Gasteiger partial charge in [0.1, 0.15) is 11.4 Å². The zero-order valence-electron chi connectivity index (χ0n) is 39.7. The van der Waals surface area contributed by atoms with Crippen LogP contribution in [0, 0.1) is 13.8 Å². The zero-order chi connectivity index (χ0) is 42.2. The Morgan fingerprint density at radius 2 is 0.698 bits per heavy atom. The molecule has 0 amide bonds. The molecule has 0 bridgehead atoms. The second-order valence-corrected chi connectivity index (χ2v) is 19.6. The molecule has 63 heavy (non-hydrogen) atoms. The molecule has 0 N–H and O–H groups in total. The van der Waals surface area contributed by atoms with E-state index in [2.05, 4.69) is 114 Å². The normalized spacial score (nSPS) is 13.6. The molecule has 350 valence electrons. The third-order valence-electron chi connectivity index (χ3n) is 14.9. The van der Waals surface area contributed by atoms with Crippen molar-refractivity contribution in [2.24, 2.45) is 0 Å². The highest BCUT2D eigenvalue weighted by Crippen LogP contribution is 2.57. The van der Waals surface area contributed by atoms with E-state index in [-0.39, 0.29) is 27.7 Å². The number of hydrogen-bond donors (Lipinski definition) is 0. The summed E-state index contributed by atoms with van der Waals surface area (Å²) in [4.78, 5) is 0. The first kappa shape index (κ1) is 54.2. The average molecular weight is 857 g/mol. The molecule has 0 atom stereocenters. The van der Waals surface area contributed by atoms with Crippen LogP contribution in [0.3, 0.4) is 0 Å². The third-order valence-corrected chi connectivity index (χ3v) is 14.9. The summed E-state index contributed by atoms with van der Waals surface area (Å²) in [7, 11) is 0. The van der Waals surface area contributed by atoms with Gasteiger partial charge in [-0.25, -0.2) is 0 Å². The van der Waals surface area contributed by atoms with Crippen molar-refractivity contribution in [2.75, 3.05) is 13.1 Å². The summed E-state index contributed by atoms with van der Waals surface area (Å²) in [5.41, 5.74) is 18.1. The molecule has 0 spiro atoms. The maximum absolute atomic E-state index is 2.70. The Balaban J connectivity index is 0.00000352. The van der Waals surface area contributed by atoms with Gasteiger partial charge >= 0.3 is 0 Å². The summed E-state index contributed by atoms with van der Waals surface area (Å²) >= 11 is 0. The molecule has 0 saturated heterocycles. The van der Waals surface area contributed by atoms with E-state index in [1.807, 2.05) is 0 Å². The highest BCUT2D eigenvalue weighted by molar-refractivity contribution is 5.97. The van der Waals surface area contributed by atoms with Crippen molar-refractivity contribution in [3.63, 3.8) is 0 Å². The molecular formula is C62H98N+. The second-order valence-electron chi connectivity index (χ2n) is 19.6. The molecule has 4 aromatic carbocycles. The maximum atomic E-state index is 2.70. The standard InChI is InChI=1S/C59H86N.3CH4/c1-7-11-15-19-23-27-39-59(40-28-24-20-16-12-8-2)55-43-47(5)31-35-51(55)52-37-33-49(45-56(52)59)50-34-38-54-53-36-32-48(6)44-57(53)60(58(54)46-50,41-29-25-21-17-13-9-3)42-30-26-22-18-14-10-4;;;/h31-38,43-46H,7-30,39-42H2,1-6H3;3*1H4/q+1;;;. The lowest BCUT2D eigenvalue weighted by Gasteiger charge is -2.36. The predicted molar refractivity (Wildman–Crippen MR) is 287 cm³/mol. The molecule has 1 heteroatoms. The Labute approximate surface area is 391 Å². The molecule has 0 radical (unpaired) electrons.